The molecule has 3 heterocycles. The van der Waals surface area contributed by atoms with Crippen molar-refractivity contribution in [3.63, 3.8) is 0 Å². The van der Waals surface area contributed by atoms with Crippen molar-refractivity contribution in [2.24, 2.45) is 0 Å². The minimum Gasteiger partial charge on any atom is -0.368 e. The van der Waals surface area contributed by atoms with Crippen LogP contribution in [0.4, 0.5) is 34.0 Å². The maximum absolute atomic E-state index is 13.5. The third-order valence-corrected chi connectivity index (χ3v) is 3.66. The van der Waals surface area contributed by atoms with E-state index in [0.717, 1.165) is 24.7 Å². The summed E-state index contributed by atoms with van der Waals surface area (Å²) in [6.45, 7) is 1.35. The van der Waals surface area contributed by atoms with Gasteiger partial charge in [-0.15, -0.1) is 0 Å². The second-order valence-electron chi connectivity index (χ2n) is 5.56. The Morgan fingerprint density at radius 1 is 1.26 bits per heavy atom. The van der Waals surface area contributed by atoms with Crippen LogP contribution in [0.1, 0.15) is 17.4 Å². The number of nitrogens with zero attached hydrogens (tertiary/aromatic N) is 4. The van der Waals surface area contributed by atoms with Gasteiger partial charge in [0, 0.05) is 11.9 Å². The molecule has 0 saturated heterocycles. The van der Waals surface area contributed by atoms with Crippen LogP contribution < -0.4 is 16.4 Å². The molecule has 0 saturated carbocycles. The molecular formula is C15H13F4N7O. The number of carbonyl (C=O) groups is 1. The Hall–Kier alpha value is -3.44. The minimum atomic E-state index is -4.84. The predicted octanol–water partition coefficient (Wildman–Crippen LogP) is 2.58. The summed E-state index contributed by atoms with van der Waals surface area (Å²) in [6, 6.07) is -1.23. The number of carbonyl (C=O) groups excluding carboxylic acids is 1. The van der Waals surface area contributed by atoms with Gasteiger partial charge in [0.1, 0.15) is 11.5 Å². The average molecular weight is 383 g/mol. The van der Waals surface area contributed by atoms with Crippen LogP contribution in [0.25, 0.3) is 5.65 Å². The molecular weight excluding hydrogens is 370 g/mol. The van der Waals surface area contributed by atoms with Crippen molar-refractivity contribution in [2.45, 2.75) is 19.1 Å². The maximum Gasteiger partial charge on any atom is 0.414 e. The number of nitrogens with one attached hydrogen (secondary N) is 2. The van der Waals surface area contributed by atoms with E-state index in [1.807, 2.05) is 5.32 Å². The van der Waals surface area contributed by atoms with Crippen LogP contribution in [0.2, 0.25) is 0 Å². The molecule has 12 heteroatoms. The number of fused-ring (bicyclic) bond motifs is 1. The summed E-state index contributed by atoms with van der Waals surface area (Å²) in [4.78, 5) is 23.1. The van der Waals surface area contributed by atoms with Crippen LogP contribution in [0.15, 0.2) is 30.7 Å². The highest BCUT2D eigenvalue weighted by Gasteiger charge is 2.44. The summed E-state index contributed by atoms with van der Waals surface area (Å²) >= 11 is 0. The van der Waals surface area contributed by atoms with Crippen molar-refractivity contribution in [1.29, 1.82) is 0 Å². The van der Waals surface area contributed by atoms with Crippen molar-refractivity contribution >= 4 is 23.3 Å². The lowest BCUT2D eigenvalue weighted by atomic mass is 10.1. The first-order valence-corrected chi connectivity index (χ1v) is 7.51. The first kappa shape index (κ1) is 18.4. The molecule has 4 N–H and O–H groups in total. The highest BCUT2D eigenvalue weighted by atomic mass is 19.4. The Morgan fingerprint density at radius 3 is 2.56 bits per heavy atom. The quantitative estimate of drug-likeness (QED) is 0.602. The number of anilines is 2. The SMILES string of the molecule is Cc1c(C(NC(=O)Nc2cnc(N)nc2)C(F)(F)F)nc2ccc(F)cn12. The summed E-state index contributed by atoms with van der Waals surface area (Å²) in [5.74, 6) is -0.686. The fourth-order valence-corrected chi connectivity index (χ4v) is 2.43. The third kappa shape index (κ3) is 3.88. The first-order valence-electron chi connectivity index (χ1n) is 7.51. The molecule has 0 fully saturated rings. The Labute approximate surface area is 149 Å². The van der Waals surface area contributed by atoms with Crippen molar-refractivity contribution in [3.8, 4) is 0 Å². The Bertz CT molecular complexity index is 984. The van der Waals surface area contributed by atoms with Gasteiger partial charge in [-0.3, -0.25) is 0 Å². The molecule has 0 aromatic carbocycles. The van der Waals surface area contributed by atoms with Gasteiger partial charge < -0.3 is 20.8 Å². The maximum atomic E-state index is 13.5. The molecule has 2 amide bonds. The Balaban J connectivity index is 1.89. The zero-order chi connectivity index (χ0) is 19.8. The minimum absolute atomic E-state index is 0.0444. The fraction of sp³-hybridized carbons (Fsp3) is 0.200. The van der Waals surface area contributed by atoms with Crippen LogP contribution in [-0.4, -0.2) is 31.6 Å². The van der Waals surface area contributed by atoms with Gasteiger partial charge in [-0.05, 0) is 19.1 Å². The molecule has 0 radical (unpaired) electrons. The van der Waals surface area contributed by atoms with E-state index in [9.17, 15) is 22.4 Å². The molecule has 1 atom stereocenters. The molecule has 0 spiro atoms. The van der Waals surface area contributed by atoms with Gasteiger partial charge in [-0.2, -0.15) is 13.2 Å². The van der Waals surface area contributed by atoms with Gasteiger partial charge in [-0.1, -0.05) is 0 Å². The molecule has 1 unspecified atom stereocenters. The van der Waals surface area contributed by atoms with E-state index in [2.05, 4.69) is 20.3 Å². The lowest BCUT2D eigenvalue weighted by Crippen LogP contribution is -2.41. The summed E-state index contributed by atoms with van der Waals surface area (Å²) < 4.78 is 55.2. The molecule has 0 aliphatic rings. The lowest BCUT2D eigenvalue weighted by molar-refractivity contribution is -0.155. The van der Waals surface area contributed by atoms with E-state index in [-0.39, 0.29) is 23.0 Å². The zero-order valence-corrected chi connectivity index (χ0v) is 13.8. The summed E-state index contributed by atoms with van der Waals surface area (Å²) in [5.41, 5.74) is 5.07. The second-order valence-corrected chi connectivity index (χ2v) is 5.56. The van der Waals surface area contributed by atoms with Crippen LogP contribution >= 0.6 is 0 Å². The largest absolute Gasteiger partial charge is 0.414 e. The van der Waals surface area contributed by atoms with Crippen LogP contribution in [0, 0.1) is 12.7 Å². The number of amides is 2. The Kier molecular flexibility index (Phi) is 4.56. The molecule has 0 aliphatic heterocycles. The Morgan fingerprint density at radius 2 is 1.93 bits per heavy atom. The van der Waals surface area contributed by atoms with Crippen molar-refractivity contribution in [1.82, 2.24) is 24.7 Å². The number of hydrogen-bond acceptors (Lipinski definition) is 5. The molecule has 8 nitrogen and oxygen atoms in total. The molecule has 0 bridgehead atoms. The van der Waals surface area contributed by atoms with Gasteiger partial charge in [-0.25, -0.2) is 24.1 Å². The lowest BCUT2D eigenvalue weighted by Gasteiger charge is -2.21. The number of nitrogen functional groups attached to an aromatic ring is 1. The highest BCUT2D eigenvalue weighted by Crippen LogP contribution is 2.34. The van der Waals surface area contributed by atoms with Crippen LogP contribution in [0.3, 0.4) is 0 Å². The van der Waals surface area contributed by atoms with Gasteiger partial charge in [0.25, 0.3) is 0 Å². The number of urea groups is 1. The third-order valence-electron chi connectivity index (χ3n) is 3.66. The van der Waals surface area contributed by atoms with Crippen molar-refractivity contribution in [2.75, 3.05) is 11.1 Å². The number of imidazole rings is 1. The van der Waals surface area contributed by atoms with E-state index >= 15 is 0 Å². The standard InChI is InChI=1S/C15H13F4N7O/c1-7-11(24-10-3-2-8(16)6-26(7)10)12(15(17,18)19)25-14(27)23-9-4-21-13(20)22-5-9/h2-6,12H,1H3,(H2,20,21,22)(H2,23,25,27). The molecule has 142 valence electrons. The molecule has 3 aromatic heterocycles. The number of alkyl halides is 3. The smallest absolute Gasteiger partial charge is 0.368 e. The zero-order valence-electron chi connectivity index (χ0n) is 13.8. The van der Waals surface area contributed by atoms with Gasteiger partial charge in [0.15, 0.2) is 6.04 Å². The normalized spacial score (nSPS) is 12.8. The first-order chi connectivity index (χ1) is 12.6. The number of hydrogen-bond donors (Lipinski definition) is 3. The number of nitrogens with two attached hydrogens (primary N) is 1. The number of halogens is 4. The number of pyridine rings is 1. The van der Waals surface area contributed by atoms with E-state index in [1.54, 1.807) is 0 Å². The molecule has 0 aliphatic carbocycles. The molecule has 3 rings (SSSR count). The second kappa shape index (κ2) is 6.70. The van der Waals surface area contributed by atoms with Gasteiger partial charge in [0.05, 0.1) is 23.8 Å². The number of rotatable bonds is 3. The number of aryl methyl sites for hydroxylation is 1. The van der Waals surface area contributed by atoms with E-state index in [4.69, 9.17) is 5.73 Å². The van der Waals surface area contributed by atoms with Crippen molar-refractivity contribution in [3.05, 3.63) is 47.9 Å². The summed E-state index contributed by atoms with van der Waals surface area (Å²) in [5, 5.41) is 4.00. The molecule has 27 heavy (non-hydrogen) atoms. The van der Waals surface area contributed by atoms with E-state index in [0.29, 0.717) is 0 Å². The highest BCUT2D eigenvalue weighted by molar-refractivity contribution is 5.89. The van der Waals surface area contributed by atoms with Crippen molar-refractivity contribution < 1.29 is 22.4 Å². The molecule has 3 aromatic rings. The van der Waals surface area contributed by atoms with E-state index < -0.39 is 29.8 Å². The predicted molar refractivity (Wildman–Crippen MR) is 87.3 cm³/mol. The monoisotopic (exact) mass is 383 g/mol. The van der Waals surface area contributed by atoms with E-state index in [1.165, 1.54) is 17.4 Å². The fourth-order valence-electron chi connectivity index (χ4n) is 2.43. The number of aromatic nitrogens is 4. The summed E-state index contributed by atoms with van der Waals surface area (Å²) in [7, 11) is 0. The van der Waals surface area contributed by atoms with Crippen LogP contribution in [0.5, 0.6) is 0 Å². The topological polar surface area (TPSA) is 110 Å². The van der Waals surface area contributed by atoms with Gasteiger partial charge in [0.2, 0.25) is 5.95 Å². The average Bonchev–Trinajstić information content (AvgIpc) is 2.90. The van der Waals surface area contributed by atoms with Crippen LogP contribution in [-0.2, 0) is 0 Å². The summed E-state index contributed by atoms with van der Waals surface area (Å²) in [6.07, 6.45) is -1.54. The van der Waals surface area contributed by atoms with Gasteiger partial charge >= 0.3 is 12.2 Å².